The highest BCUT2D eigenvalue weighted by atomic mass is 19.1. The van der Waals surface area contributed by atoms with Crippen molar-refractivity contribution in [2.45, 2.75) is 26.5 Å². The highest BCUT2D eigenvalue weighted by Crippen LogP contribution is 2.20. The number of hydrogen-bond acceptors (Lipinski definition) is 5. The lowest BCUT2D eigenvalue weighted by molar-refractivity contribution is 0.109. The summed E-state index contributed by atoms with van der Waals surface area (Å²) in [6, 6.07) is 20.3. The van der Waals surface area contributed by atoms with Gasteiger partial charge in [-0.25, -0.2) is 9.37 Å². The predicted molar refractivity (Wildman–Crippen MR) is 123 cm³/mol. The number of hydrogen-bond donors (Lipinski definition) is 1. The van der Waals surface area contributed by atoms with Crippen LogP contribution in [-0.2, 0) is 6.54 Å². The van der Waals surface area contributed by atoms with E-state index in [1.165, 1.54) is 11.8 Å². The van der Waals surface area contributed by atoms with Crippen LogP contribution in [0.15, 0.2) is 72.9 Å². The van der Waals surface area contributed by atoms with Crippen molar-refractivity contribution in [1.82, 2.24) is 4.98 Å². The molecule has 2 aromatic carbocycles. The Bertz CT molecular complexity index is 918. The minimum Gasteiger partial charge on any atom is -0.488 e. The summed E-state index contributed by atoms with van der Waals surface area (Å²) in [5.74, 6) is 0.461. The van der Waals surface area contributed by atoms with E-state index in [1.54, 1.807) is 24.4 Å². The third kappa shape index (κ3) is 6.43. The standard InChI is InChI=1S/C25H30FN3O2/c1-3-28(4-2)21-14-12-20(13-15-21)17-29(25-11-7-8-16-27-25)18-22(30)19-31-24-10-6-5-9-23(24)26/h5-16,22,30H,3-4,17-19H2,1-2H3. The van der Waals surface area contributed by atoms with Gasteiger partial charge < -0.3 is 19.6 Å². The molecule has 0 aliphatic rings. The quantitative estimate of drug-likeness (QED) is 0.492. The molecule has 0 fully saturated rings. The first-order chi connectivity index (χ1) is 15.1. The molecular formula is C25H30FN3O2. The molecule has 1 heterocycles. The molecule has 0 amide bonds. The van der Waals surface area contributed by atoms with Gasteiger partial charge in [-0.05, 0) is 55.8 Å². The minimum absolute atomic E-state index is 0.00877. The number of anilines is 2. The van der Waals surface area contributed by atoms with Crippen LogP contribution in [0.3, 0.4) is 0 Å². The van der Waals surface area contributed by atoms with E-state index in [0.717, 1.165) is 24.5 Å². The Balaban J connectivity index is 1.68. The lowest BCUT2D eigenvalue weighted by atomic mass is 10.1. The number of aromatic nitrogens is 1. The molecule has 0 bridgehead atoms. The van der Waals surface area contributed by atoms with Gasteiger partial charge in [0, 0.05) is 38.1 Å². The Kier molecular flexibility index (Phi) is 8.24. The topological polar surface area (TPSA) is 48.8 Å². The zero-order valence-electron chi connectivity index (χ0n) is 18.1. The smallest absolute Gasteiger partial charge is 0.165 e. The lowest BCUT2D eigenvalue weighted by Crippen LogP contribution is -2.36. The second-order valence-corrected chi connectivity index (χ2v) is 7.30. The maximum atomic E-state index is 13.8. The van der Waals surface area contributed by atoms with Crippen LogP contribution < -0.4 is 14.5 Å². The Hall–Kier alpha value is -3.12. The summed E-state index contributed by atoms with van der Waals surface area (Å²) in [6.07, 6.45) is 0.921. The fraction of sp³-hybridized carbons (Fsp3) is 0.320. The van der Waals surface area contributed by atoms with E-state index in [0.29, 0.717) is 13.1 Å². The second-order valence-electron chi connectivity index (χ2n) is 7.30. The van der Waals surface area contributed by atoms with Crippen molar-refractivity contribution in [3.05, 3.63) is 84.3 Å². The molecule has 3 aromatic rings. The number of aliphatic hydroxyl groups excluding tert-OH is 1. The Morgan fingerprint density at radius 1 is 0.935 bits per heavy atom. The van der Waals surface area contributed by atoms with Crippen LogP contribution in [0.4, 0.5) is 15.9 Å². The molecule has 31 heavy (non-hydrogen) atoms. The summed E-state index contributed by atoms with van der Waals surface area (Å²) in [7, 11) is 0. The van der Waals surface area contributed by atoms with Crippen LogP contribution in [0.1, 0.15) is 19.4 Å². The van der Waals surface area contributed by atoms with E-state index in [9.17, 15) is 9.50 Å². The number of para-hydroxylation sites is 1. The zero-order valence-corrected chi connectivity index (χ0v) is 18.1. The van der Waals surface area contributed by atoms with E-state index >= 15 is 0 Å². The molecular weight excluding hydrogens is 393 g/mol. The average Bonchev–Trinajstić information content (AvgIpc) is 2.80. The number of halogens is 1. The van der Waals surface area contributed by atoms with E-state index < -0.39 is 11.9 Å². The normalized spacial score (nSPS) is 11.7. The highest BCUT2D eigenvalue weighted by Gasteiger charge is 2.16. The van der Waals surface area contributed by atoms with Gasteiger partial charge in [0.15, 0.2) is 11.6 Å². The number of aliphatic hydroxyl groups is 1. The largest absolute Gasteiger partial charge is 0.488 e. The summed E-state index contributed by atoms with van der Waals surface area (Å²) >= 11 is 0. The van der Waals surface area contributed by atoms with Crippen molar-refractivity contribution >= 4 is 11.5 Å². The predicted octanol–water partition coefficient (Wildman–Crippen LogP) is 4.51. The molecule has 1 aromatic heterocycles. The van der Waals surface area contributed by atoms with Crippen molar-refractivity contribution in [3.8, 4) is 5.75 Å². The molecule has 0 spiro atoms. The van der Waals surface area contributed by atoms with Crippen LogP contribution >= 0.6 is 0 Å². The maximum absolute atomic E-state index is 13.8. The van der Waals surface area contributed by atoms with E-state index in [2.05, 4.69) is 48.0 Å². The second kappa shape index (κ2) is 11.3. The molecule has 164 valence electrons. The highest BCUT2D eigenvalue weighted by molar-refractivity contribution is 5.48. The van der Waals surface area contributed by atoms with Crippen LogP contribution in [-0.4, -0.2) is 42.4 Å². The molecule has 1 unspecified atom stereocenters. The third-order valence-electron chi connectivity index (χ3n) is 5.11. The number of nitrogens with zero attached hydrogens (tertiary/aromatic N) is 3. The van der Waals surface area contributed by atoms with Gasteiger partial charge in [0.25, 0.3) is 0 Å². The monoisotopic (exact) mass is 423 g/mol. The van der Waals surface area contributed by atoms with Gasteiger partial charge in [-0.15, -0.1) is 0 Å². The Morgan fingerprint density at radius 2 is 1.65 bits per heavy atom. The molecule has 5 nitrogen and oxygen atoms in total. The molecule has 0 saturated carbocycles. The van der Waals surface area contributed by atoms with Crippen molar-refractivity contribution in [2.75, 3.05) is 36.0 Å². The van der Waals surface area contributed by atoms with E-state index in [-0.39, 0.29) is 12.4 Å². The molecule has 3 rings (SSSR count). The molecule has 6 heteroatoms. The summed E-state index contributed by atoms with van der Waals surface area (Å²) < 4.78 is 19.2. The average molecular weight is 424 g/mol. The summed E-state index contributed by atoms with van der Waals surface area (Å²) in [5.41, 5.74) is 2.31. The molecule has 0 aliphatic heterocycles. The minimum atomic E-state index is -0.809. The molecule has 0 radical (unpaired) electrons. The van der Waals surface area contributed by atoms with E-state index in [4.69, 9.17) is 4.74 Å². The number of ether oxygens (including phenoxy) is 1. The van der Waals surface area contributed by atoms with Crippen molar-refractivity contribution in [3.63, 3.8) is 0 Å². The lowest BCUT2D eigenvalue weighted by Gasteiger charge is -2.27. The zero-order chi connectivity index (χ0) is 22.1. The van der Waals surface area contributed by atoms with Crippen LogP contribution in [0.5, 0.6) is 5.75 Å². The van der Waals surface area contributed by atoms with Gasteiger partial charge in [0.05, 0.1) is 0 Å². The van der Waals surface area contributed by atoms with Gasteiger partial charge in [-0.3, -0.25) is 0 Å². The first kappa shape index (κ1) is 22.6. The molecule has 1 atom stereocenters. The van der Waals surface area contributed by atoms with Gasteiger partial charge in [0.2, 0.25) is 0 Å². The Morgan fingerprint density at radius 3 is 2.29 bits per heavy atom. The summed E-state index contributed by atoms with van der Waals surface area (Å²) in [5, 5.41) is 10.6. The number of benzene rings is 2. The van der Waals surface area contributed by atoms with Gasteiger partial charge in [-0.1, -0.05) is 30.3 Å². The van der Waals surface area contributed by atoms with Crippen LogP contribution in [0, 0.1) is 5.82 Å². The maximum Gasteiger partial charge on any atom is 0.165 e. The van der Waals surface area contributed by atoms with Crippen molar-refractivity contribution in [1.29, 1.82) is 0 Å². The van der Waals surface area contributed by atoms with Crippen LogP contribution in [0.2, 0.25) is 0 Å². The van der Waals surface area contributed by atoms with Gasteiger partial charge in [-0.2, -0.15) is 0 Å². The third-order valence-corrected chi connectivity index (χ3v) is 5.11. The van der Waals surface area contributed by atoms with Gasteiger partial charge >= 0.3 is 0 Å². The Labute approximate surface area is 183 Å². The molecule has 1 N–H and O–H groups in total. The summed E-state index contributed by atoms with van der Waals surface area (Å²) in [6.45, 7) is 7.10. The fourth-order valence-corrected chi connectivity index (χ4v) is 3.46. The number of rotatable bonds is 11. The van der Waals surface area contributed by atoms with Crippen LogP contribution in [0.25, 0.3) is 0 Å². The molecule has 0 aliphatic carbocycles. The fourth-order valence-electron chi connectivity index (χ4n) is 3.46. The van der Waals surface area contributed by atoms with Crippen molar-refractivity contribution < 1.29 is 14.2 Å². The van der Waals surface area contributed by atoms with Crippen molar-refractivity contribution in [2.24, 2.45) is 0 Å². The number of pyridine rings is 1. The molecule has 0 saturated heterocycles. The SMILES string of the molecule is CCN(CC)c1ccc(CN(CC(O)COc2ccccc2F)c2ccccn2)cc1. The van der Waals surface area contributed by atoms with E-state index in [1.807, 2.05) is 23.1 Å². The first-order valence-electron chi connectivity index (χ1n) is 10.7. The van der Waals surface area contributed by atoms with Gasteiger partial charge in [0.1, 0.15) is 18.5 Å². The first-order valence-corrected chi connectivity index (χ1v) is 10.7. The summed E-state index contributed by atoms with van der Waals surface area (Å²) in [4.78, 5) is 8.74.